The van der Waals surface area contributed by atoms with Gasteiger partial charge < -0.3 is 9.47 Å². The van der Waals surface area contributed by atoms with Crippen molar-refractivity contribution in [1.29, 1.82) is 0 Å². The van der Waals surface area contributed by atoms with E-state index in [9.17, 15) is 4.39 Å². The van der Waals surface area contributed by atoms with Gasteiger partial charge in [-0.15, -0.1) is 0 Å². The van der Waals surface area contributed by atoms with Gasteiger partial charge in [0.1, 0.15) is 6.10 Å². The maximum Gasteiger partial charge on any atom is 0.258 e. The molecule has 62 valence electrons. The van der Waals surface area contributed by atoms with E-state index in [0.717, 1.165) is 0 Å². The first-order chi connectivity index (χ1) is 5.23. The molecule has 0 N–H and O–H groups in total. The Morgan fingerprint density at radius 2 is 2.09 bits per heavy atom. The van der Waals surface area contributed by atoms with Crippen molar-refractivity contribution in [2.24, 2.45) is 0 Å². The topological polar surface area (TPSA) is 18.5 Å². The van der Waals surface area contributed by atoms with Crippen LogP contribution in [0.5, 0.6) is 0 Å². The highest BCUT2D eigenvalue weighted by Gasteiger charge is 2.36. The van der Waals surface area contributed by atoms with Gasteiger partial charge in [0, 0.05) is 14.2 Å². The van der Waals surface area contributed by atoms with Gasteiger partial charge >= 0.3 is 0 Å². The van der Waals surface area contributed by atoms with Crippen molar-refractivity contribution >= 4 is 0 Å². The number of halogens is 1. The van der Waals surface area contributed by atoms with Crippen LogP contribution in [0.25, 0.3) is 0 Å². The van der Waals surface area contributed by atoms with E-state index in [0.29, 0.717) is 0 Å². The van der Waals surface area contributed by atoms with Gasteiger partial charge in [0.15, 0.2) is 0 Å². The first-order valence-electron chi connectivity index (χ1n) is 3.36. The number of hydrogen-bond acceptors (Lipinski definition) is 2. The van der Waals surface area contributed by atoms with Gasteiger partial charge in [-0.25, -0.2) is 4.39 Å². The zero-order valence-electron chi connectivity index (χ0n) is 6.58. The maximum absolute atomic E-state index is 13.5. The van der Waals surface area contributed by atoms with E-state index in [-0.39, 0.29) is 0 Å². The molecule has 0 aliphatic heterocycles. The molecule has 0 radical (unpaired) electrons. The van der Waals surface area contributed by atoms with Crippen LogP contribution in [0.4, 0.5) is 4.39 Å². The molecule has 0 saturated heterocycles. The molecule has 0 aromatic heterocycles. The second-order valence-corrected chi connectivity index (χ2v) is 2.30. The number of rotatable bonds is 2. The molecule has 0 aromatic rings. The van der Waals surface area contributed by atoms with Gasteiger partial charge in [0.25, 0.3) is 5.85 Å². The van der Waals surface area contributed by atoms with Crippen LogP contribution < -0.4 is 0 Å². The summed E-state index contributed by atoms with van der Waals surface area (Å²) in [5.74, 6) is -1.80. The van der Waals surface area contributed by atoms with Gasteiger partial charge in [-0.05, 0) is 12.2 Å². The quantitative estimate of drug-likeness (QED) is 0.605. The molecule has 0 fully saturated rings. The fraction of sp³-hybridized carbons (Fsp3) is 0.500. The summed E-state index contributed by atoms with van der Waals surface area (Å²) in [6, 6.07) is 0. The first kappa shape index (κ1) is 8.43. The van der Waals surface area contributed by atoms with Gasteiger partial charge in [-0.1, -0.05) is 12.2 Å². The van der Waals surface area contributed by atoms with Crippen LogP contribution in [0.3, 0.4) is 0 Å². The Balaban J connectivity index is 2.77. The highest BCUT2D eigenvalue weighted by Crippen LogP contribution is 2.25. The van der Waals surface area contributed by atoms with Crippen LogP contribution in [0, 0.1) is 0 Å². The number of allylic oxidation sites excluding steroid dienone is 2. The van der Waals surface area contributed by atoms with Crippen molar-refractivity contribution in [1.82, 2.24) is 0 Å². The highest BCUT2D eigenvalue weighted by molar-refractivity contribution is 5.20. The van der Waals surface area contributed by atoms with E-state index < -0.39 is 12.0 Å². The van der Waals surface area contributed by atoms with Gasteiger partial charge in [0.05, 0.1) is 0 Å². The molecular formula is C8H11FO2. The van der Waals surface area contributed by atoms with Crippen molar-refractivity contribution in [2.75, 3.05) is 14.2 Å². The molecule has 0 heterocycles. The number of methoxy groups -OCH3 is 2. The maximum atomic E-state index is 13.5. The summed E-state index contributed by atoms with van der Waals surface area (Å²) >= 11 is 0. The van der Waals surface area contributed by atoms with Crippen molar-refractivity contribution in [3.8, 4) is 0 Å². The molecule has 0 spiro atoms. The van der Waals surface area contributed by atoms with Crippen molar-refractivity contribution in [3.05, 3.63) is 24.3 Å². The Labute approximate surface area is 65.3 Å². The summed E-state index contributed by atoms with van der Waals surface area (Å²) in [5.41, 5.74) is 0. The molecule has 2 nitrogen and oxygen atoms in total. The third kappa shape index (κ3) is 1.49. The second kappa shape index (κ2) is 3.15. The van der Waals surface area contributed by atoms with E-state index in [1.165, 1.54) is 20.3 Å². The van der Waals surface area contributed by atoms with Gasteiger partial charge in [0.2, 0.25) is 0 Å². The molecule has 11 heavy (non-hydrogen) atoms. The van der Waals surface area contributed by atoms with Gasteiger partial charge in [-0.3, -0.25) is 0 Å². The Bertz CT molecular complexity index is 189. The first-order valence-corrected chi connectivity index (χ1v) is 3.36. The largest absolute Gasteiger partial charge is 0.371 e. The molecule has 1 aliphatic rings. The minimum Gasteiger partial charge on any atom is -0.371 e. The van der Waals surface area contributed by atoms with Crippen molar-refractivity contribution in [2.45, 2.75) is 12.0 Å². The molecule has 0 amide bonds. The lowest BCUT2D eigenvalue weighted by molar-refractivity contribution is -0.150. The molecule has 0 aromatic carbocycles. The monoisotopic (exact) mass is 158 g/mol. The van der Waals surface area contributed by atoms with Crippen LogP contribution in [0.1, 0.15) is 0 Å². The van der Waals surface area contributed by atoms with Crippen LogP contribution >= 0.6 is 0 Å². The van der Waals surface area contributed by atoms with E-state index in [1.54, 1.807) is 18.2 Å². The SMILES string of the molecule is COC1C=CC=CC1(F)OC. The summed E-state index contributed by atoms with van der Waals surface area (Å²) in [6.07, 6.45) is 5.63. The number of alkyl halides is 1. The van der Waals surface area contributed by atoms with Crippen LogP contribution in [-0.4, -0.2) is 26.2 Å². The van der Waals surface area contributed by atoms with Crippen LogP contribution in [-0.2, 0) is 9.47 Å². The van der Waals surface area contributed by atoms with E-state index in [2.05, 4.69) is 4.74 Å². The Kier molecular flexibility index (Phi) is 2.42. The average Bonchev–Trinajstić information content (AvgIpc) is 2.05. The average molecular weight is 158 g/mol. The molecule has 1 rings (SSSR count). The minimum absolute atomic E-state index is 0.641. The highest BCUT2D eigenvalue weighted by atomic mass is 19.2. The van der Waals surface area contributed by atoms with Crippen LogP contribution in [0.15, 0.2) is 24.3 Å². The lowest BCUT2D eigenvalue weighted by atomic mass is 10.1. The smallest absolute Gasteiger partial charge is 0.258 e. The lowest BCUT2D eigenvalue weighted by Gasteiger charge is -2.27. The number of hydrogen-bond donors (Lipinski definition) is 0. The second-order valence-electron chi connectivity index (χ2n) is 2.30. The zero-order valence-corrected chi connectivity index (χ0v) is 6.58. The number of ether oxygens (including phenoxy) is 2. The summed E-state index contributed by atoms with van der Waals surface area (Å²) < 4.78 is 23.0. The van der Waals surface area contributed by atoms with Crippen molar-refractivity contribution < 1.29 is 13.9 Å². The molecule has 2 unspecified atom stereocenters. The van der Waals surface area contributed by atoms with E-state index in [1.807, 2.05) is 0 Å². The van der Waals surface area contributed by atoms with E-state index >= 15 is 0 Å². The third-order valence-electron chi connectivity index (χ3n) is 1.68. The van der Waals surface area contributed by atoms with E-state index in [4.69, 9.17) is 4.74 Å². The van der Waals surface area contributed by atoms with Gasteiger partial charge in [-0.2, -0.15) is 0 Å². The summed E-state index contributed by atoms with van der Waals surface area (Å²) in [6.45, 7) is 0. The third-order valence-corrected chi connectivity index (χ3v) is 1.68. The molecule has 2 atom stereocenters. The molecular weight excluding hydrogens is 147 g/mol. The Morgan fingerprint density at radius 3 is 2.55 bits per heavy atom. The Hall–Kier alpha value is -0.670. The summed E-state index contributed by atoms with van der Waals surface area (Å²) in [7, 11) is 2.76. The normalized spacial score (nSPS) is 36.1. The molecule has 0 bridgehead atoms. The summed E-state index contributed by atoms with van der Waals surface area (Å²) in [4.78, 5) is 0. The lowest BCUT2D eigenvalue weighted by Crippen LogP contribution is -2.39. The molecule has 0 saturated carbocycles. The zero-order chi connectivity index (χ0) is 8.32. The molecule has 3 heteroatoms. The predicted octanol–water partition coefficient (Wildman–Crippen LogP) is 1.44. The minimum atomic E-state index is -1.80. The molecule has 1 aliphatic carbocycles. The standard InChI is InChI=1S/C8H11FO2/c1-10-7-5-3-4-6-8(7,9)11-2/h3-7H,1-2H3. The van der Waals surface area contributed by atoms with Crippen LogP contribution in [0.2, 0.25) is 0 Å². The van der Waals surface area contributed by atoms with Crippen molar-refractivity contribution in [3.63, 3.8) is 0 Å². The fourth-order valence-corrected chi connectivity index (χ4v) is 1.00. The summed E-state index contributed by atoms with van der Waals surface area (Å²) in [5, 5.41) is 0. The fourth-order valence-electron chi connectivity index (χ4n) is 1.00. The Morgan fingerprint density at radius 1 is 1.36 bits per heavy atom. The predicted molar refractivity (Wildman–Crippen MR) is 39.9 cm³/mol.